The second-order valence-electron chi connectivity index (χ2n) is 5.27. The van der Waals surface area contributed by atoms with E-state index >= 15 is 0 Å². The molecule has 0 spiro atoms. The van der Waals surface area contributed by atoms with Crippen molar-refractivity contribution in [2.45, 2.75) is 40.2 Å². The highest BCUT2D eigenvalue weighted by Crippen LogP contribution is 2.17. The molecule has 1 aromatic rings. The summed E-state index contributed by atoms with van der Waals surface area (Å²) in [7, 11) is 0. The minimum absolute atomic E-state index is 0.529. The normalized spacial score (nSPS) is 15.2. The molecule has 98 valence electrons. The number of nitrogens with two attached hydrogens (primary N) is 1. The van der Waals surface area contributed by atoms with Crippen molar-refractivity contribution in [3.63, 3.8) is 0 Å². The molecule has 1 heterocycles. The number of rotatable bonds is 7. The smallest absolute Gasteiger partial charge is 0.00871 e. The topological polar surface area (TPSA) is 38.0 Å². The molecular formula is C14H26N2S. The van der Waals surface area contributed by atoms with Gasteiger partial charge in [-0.15, -0.1) is 11.3 Å². The van der Waals surface area contributed by atoms with E-state index in [2.05, 4.69) is 45.1 Å². The van der Waals surface area contributed by atoms with E-state index in [1.807, 2.05) is 11.3 Å². The maximum absolute atomic E-state index is 5.78. The first-order valence-corrected chi connectivity index (χ1v) is 7.33. The number of hydrogen-bond donors (Lipinski definition) is 2. The van der Waals surface area contributed by atoms with Crippen molar-refractivity contribution in [1.29, 1.82) is 0 Å². The van der Waals surface area contributed by atoms with Crippen LogP contribution in [0.15, 0.2) is 12.1 Å². The van der Waals surface area contributed by atoms with Gasteiger partial charge in [0.15, 0.2) is 0 Å². The van der Waals surface area contributed by atoms with Gasteiger partial charge in [-0.3, -0.25) is 0 Å². The Morgan fingerprint density at radius 1 is 1.29 bits per heavy atom. The van der Waals surface area contributed by atoms with Gasteiger partial charge in [-0.05, 0) is 57.3 Å². The summed E-state index contributed by atoms with van der Waals surface area (Å²) in [6.07, 6.45) is 1.12. The Bertz CT molecular complexity index is 320. The molecule has 2 atom stereocenters. The minimum Gasteiger partial charge on any atom is -0.330 e. The number of aryl methyl sites for hydroxylation is 1. The van der Waals surface area contributed by atoms with Crippen molar-refractivity contribution in [3.05, 3.63) is 21.9 Å². The van der Waals surface area contributed by atoms with Crippen molar-refractivity contribution in [3.8, 4) is 0 Å². The molecule has 17 heavy (non-hydrogen) atoms. The first-order chi connectivity index (χ1) is 8.02. The van der Waals surface area contributed by atoms with E-state index < -0.39 is 0 Å². The molecule has 0 radical (unpaired) electrons. The molecule has 0 saturated heterocycles. The second kappa shape index (κ2) is 7.14. The molecule has 2 nitrogen and oxygen atoms in total. The van der Waals surface area contributed by atoms with E-state index in [-0.39, 0.29) is 0 Å². The van der Waals surface area contributed by atoms with Crippen LogP contribution < -0.4 is 11.1 Å². The average molecular weight is 254 g/mol. The molecule has 2 unspecified atom stereocenters. The fourth-order valence-corrected chi connectivity index (χ4v) is 2.93. The van der Waals surface area contributed by atoms with E-state index in [0.717, 1.165) is 19.5 Å². The van der Waals surface area contributed by atoms with Crippen LogP contribution in [0.5, 0.6) is 0 Å². The first-order valence-electron chi connectivity index (χ1n) is 6.51. The zero-order valence-electron chi connectivity index (χ0n) is 11.5. The lowest BCUT2D eigenvalue weighted by molar-refractivity contribution is 0.354. The van der Waals surface area contributed by atoms with Crippen LogP contribution >= 0.6 is 11.3 Å². The van der Waals surface area contributed by atoms with Crippen molar-refractivity contribution >= 4 is 11.3 Å². The summed E-state index contributed by atoms with van der Waals surface area (Å²) in [4.78, 5) is 2.87. The predicted octanol–water partition coefficient (Wildman–Crippen LogP) is 2.81. The Labute approximate surface area is 110 Å². The van der Waals surface area contributed by atoms with Gasteiger partial charge in [-0.2, -0.15) is 0 Å². The monoisotopic (exact) mass is 254 g/mol. The van der Waals surface area contributed by atoms with Crippen LogP contribution in [0.2, 0.25) is 0 Å². The van der Waals surface area contributed by atoms with Crippen LogP contribution in [0.25, 0.3) is 0 Å². The molecule has 0 saturated carbocycles. The van der Waals surface area contributed by atoms with Crippen molar-refractivity contribution in [2.75, 3.05) is 13.1 Å². The van der Waals surface area contributed by atoms with Crippen molar-refractivity contribution in [2.24, 2.45) is 17.6 Å². The molecule has 3 heteroatoms. The highest BCUT2D eigenvalue weighted by molar-refractivity contribution is 7.11. The summed E-state index contributed by atoms with van der Waals surface area (Å²) < 4.78 is 0. The largest absolute Gasteiger partial charge is 0.330 e. The molecule has 0 aliphatic rings. The molecule has 0 fully saturated rings. The van der Waals surface area contributed by atoms with Crippen molar-refractivity contribution in [1.82, 2.24) is 5.32 Å². The van der Waals surface area contributed by atoms with Crippen LogP contribution in [0, 0.1) is 18.8 Å². The third kappa shape index (κ3) is 5.19. The summed E-state index contributed by atoms with van der Waals surface area (Å²) in [6, 6.07) is 4.96. The second-order valence-corrected chi connectivity index (χ2v) is 6.64. The molecule has 1 rings (SSSR count). The van der Waals surface area contributed by atoms with Gasteiger partial charge in [-0.1, -0.05) is 13.8 Å². The Balaban J connectivity index is 2.32. The lowest BCUT2D eigenvalue weighted by Gasteiger charge is -2.22. The molecule has 0 amide bonds. The van der Waals surface area contributed by atoms with E-state index in [0.29, 0.717) is 17.9 Å². The maximum atomic E-state index is 5.78. The zero-order chi connectivity index (χ0) is 12.8. The van der Waals surface area contributed by atoms with Gasteiger partial charge < -0.3 is 11.1 Å². The van der Waals surface area contributed by atoms with Gasteiger partial charge in [0.25, 0.3) is 0 Å². The molecule has 0 aromatic carbocycles. The molecule has 0 aliphatic carbocycles. The van der Waals surface area contributed by atoms with E-state index in [1.165, 1.54) is 9.75 Å². The summed E-state index contributed by atoms with van der Waals surface area (Å²) in [5.74, 6) is 1.24. The fraction of sp³-hybridized carbons (Fsp3) is 0.714. The summed E-state index contributed by atoms with van der Waals surface area (Å²) >= 11 is 1.90. The third-order valence-corrected chi connectivity index (χ3v) is 4.30. The number of thiophene rings is 1. The van der Waals surface area contributed by atoms with Gasteiger partial charge in [0, 0.05) is 15.8 Å². The molecule has 0 bridgehead atoms. The Hall–Kier alpha value is -0.380. The van der Waals surface area contributed by atoms with Gasteiger partial charge in [0.1, 0.15) is 0 Å². The number of nitrogens with one attached hydrogen (secondary N) is 1. The van der Waals surface area contributed by atoms with Gasteiger partial charge in [0.05, 0.1) is 0 Å². The van der Waals surface area contributed by atoms with Crippen LogP contribution in [0.3, 0.4) is 0 Å². The van der Waals surface area contributed by atoms with Gasteiger partial charge in [0.2, 0.25) is 0 Å². The highest BCUT2D eigenvalue weighted by atomic mass is 32.1. The summed E-state index contributed by atoms with van der Waals surface area (Å²) in [6.45, 7) is 10.7. The quantitative estimate of drug-likeness (QED) is 0.785. The number of hydrogen-bond acceptors (Lipinski definition) is 3. The van der Waals surface area contributed by atoms with E-state index in [1.54, 1.807) is 0 Å². The van der Waals surface area contributed by atoms with Crippen LogP contribution in [0.1, 0.15) is 30.5 Å². The SMILES string of the molecule is Cc1ccc(CC(C)NCC(CN)C(C)C)s1. The lowest BCUT2D eigenvalue weighted by Crippen LogP contribution is -2.37. The van der Waals surface area contributed by atoms with E-state index in [9.17, 15) is 0 Å². The lowest BCUT2D eigenvalue weighted by atomic mass is 9.95. The molecule has 1 aromatic heterocycles. The van der Waals surface area contributed by atoms with Crippen LogP contribution in [0.4, 0.5) is 0 Å². The highest BCUT2D eigenvalue weighted by Gasteiger charge is 2.13. The average Bonchev–Trinajstić information content (AvgIpc) is 2.64. The minimum atomic E-state index is 0.529. The zero-order valence-corrected chi connectivity index (χ0v) is 12.3. The maximum Gasteiger partial charge on any atom is 0.00871 e. The Morgan fingerprint density at radius 2 is 2.00 bits per heavy atom. The predicted molar refractivity (Wildman–Crippen MR) is 77.6 cm³/mol. The van der Waals surface area contributed by atoms with Gasteiger partial charge >= 0.3 is 0 Å². The van der Waals surface area contributed by atoms with Crippen molar-refractivity contribution < 1.29 is 0 Å². The summed E-state index contributed by atoms with van der Waals surface area (Å²) in [5, 5.41) is 3.60. The van der Waals surface area contributed by atoms with Crippen LogP contribution in [-0.2, 0) is 6.42 Å². The standard InChI is InChI=1S/C14H26N2S/c1-10(2)13(8-15)9-16-11(3)7-14-6-5-12(4)17-14/h5-6,10-11,13,16H,7-9,15H2,1-4H3. The summed E-state index contributed by atoms with van der Waals surface area (Å²) in [5.41, 5.74) is 5.78. The third-order valence-electron chi connectivity index (χ3n) is 3.28. The molecule has 0 aliphatic heterocycles. The Morgan fingerprint density at radius 3 is 2.47 bits per heavy atom. The molecular weight excluding hydrogens is 228 g/mol. The molecule has 3 N–H and O–H groups in total. The van der Waals surface area contributed by atoms with Gasteiger partial charge in [-0.25, -0.2) is 0 Å². The van der Waals surface area contributed by atoms with E-state index in [4.69, 9.17) is 5.73 Å². The fourth-order valence-electron chi connectivity index (χ4n) is 1.91. The Kier molecular flexibility index (Phi) is 6.17. The van der Waals surface area contributed by atoms with Crippen LogP contribution in [-0.4, -0.2) is 19.1 Å². The first kappa shape index (κ1) is 14.7.